The smallest absolute Gasteiger partial charge is 0.353 e. The maximum atomic E-state index is 11.0. The van der Waals surface area contributed by atoms with Crippen LogP contribution in [0.2, 0.25) is 0 Å². The molecular formula is C10H8BrNO2. The van der Waals surface area contributed by atoms with Crippen LogP contribution in [0.1, 0.15) is 16.1 Å². The van der Waals surface area contributed by atoms with Crippen LogP contribution in [0.25, 0.3) is 5.52 Å². The van der Waals surface area contributed by atoms with Crippen molar-refractivity contribution in [1.29, 1.82) is 0 Å². The summed E-state index contributed by atoms with van der Waals surface area (Å²) in [7, 11) is 0. The van der Waals surface area contributed by atoms with Gasteiger partial charge < -0.3 is 9.51 Å². The average molecular weight is 254 g/mol. The quantitative estimate of drug-likeness (QED) is 0.850. The molecule has 0 aliphatic heterocycles. The van der Waals surface area contributed by atoms with Gasteiger partial charge in [-0.3, -0.25) is 0 Å². The molecule has 0 aromatic carbocycles. The Bertz CT molecular complexity index is 516. The van der Waals surface area contributed by atoms with E-state index in [1.54, 1.807) is 17.5 Å². The zero-order chi connectivity index (χ0) is 10.3. The minimum Gasteiger partial charge on any atom is -0.477 e. The van der Waals surface area contributed by atoms with E-state index < -0.39 is 5.97 Å². The molecule has 2 aromatic rings. The number of rotatable bonds is 1. The van der Waals surface area contributed by atoms with Gasteiger partial charge in [-0.05, 0) is 40.5 Å². The molecule has 0 amide bonds. The van der Waals surface area contributed by atoms with Crippen LogP contribution in [0.5, 0.6) is 0 Å². The van der Waals surface area contributed by atoms with Crippen molar-refractivity contribution in [3.63, 3.8) is 0 Å². The maximum Gasteiger partial charge on any atom is 0.353 e. The van der Waals surface area contributed by atoms with Gasteiger partial charge in [0.05, 0.1) is 5.52 Å². The molecular weight excluding hydrogens is 246 g/mol. The van der Waals surface area contributed by atoms with E-state index in [9.17, 15) is 4.79 Å². The predicted molar refractivity (Wildman–Crippen MR) is 56.8 cm³/mol. The molecule has 2 aromatic heterocycles. The van der Waals surface area contributed by atoms with Crippen LogP contribution in [0.4, 0.5) is 0 Å². The van der Waals surface area contributed by atoms with E-state index in [-0.39, 0.29) is 0 Å². The summed E-state index contributed by atoms with van der Waals surface area (Å²) in [6.07, 6.45) is 1.75. The zero-order valence-electron chi connectivity index (χ0n) is 7.49. The molecule has 14 heavy (non-hydrogen) atoms. The third kappa shape index (κ3) is 1.14. The first-order chi connectivity index (χ1) is 6.63. The molecule has 0 bridgehead atoms. The van der Waals surface area contributed by atoms with E-state index in [1.165, 1.54) is 0 Å². The molecule has 72 valence electrons. The molecule has 0 radical (unpaired) electrons. The number of hydrogen-bond acceptors (Lipinski definition) is 1. The standard InChI is InChI=1S/C10H8BrNO2/c1-6-8(11)7-4-2-3-5-12(7)9(6)10(13)14/h2-5H,1H3,(H,13,14). The Kier molecular flexibility index (Phi) is 2.07. The van der Waals surface area contributed by atoms with E-state index in [0.717, 1.165) is 15.6 Å². The van der Waals surface area contributed by atoms with Crippen LogP contribution in [-0.4, -0.2) is 15.5 Å². The van der Waals surface area contributed by atoms with Crippen molar-refractivity contribution in [2.45, 2.75) is 6.92 Å². The van der Waals surface area contributed by atoms with Crippen LogP contribution in [0.15, 0.2) is 28.9 Å². The van der Waals surface area contributed by atoms with Gasteiger partial charge in [0.1, 0.15) is 5.69 Å². The summed E-state index contributed by atoms with van der Waals surface area (Å²) < 4.78 is 2.51. The largest absolute Gasteiger partial charge is 0.477 e. The van der Waals surface area contributed by atoms with Gasteiger partial charge in [0.25, 0.3) is 0 Å². The monoisotopic (exact) mass is 253 g/mol. The first-order valence-corrected chi connectivity index (χ1v) is 4.90. The van der Waals surface area contributed by atoms with Gasteiger partial charge in [-0.2, -0.15) is 0 Å². The van der Waals surface area contributed by atoms with E-state index >= 15 is 0 Å². The zero-order valence-corrected chi connectivity index (χ0v) is 9.08. The predicted octanol–water partition coefficient (Wildman–Crippen LogP) is 2.71. The van der Waals surface area contributed by atoms with Crippen LogP contribution in [0, 0.1) is 6.92 Å². The van der Waals surface area contributed by atoms with Crippen molar-refractivity contribution >= 4 is 27.4 Å². The van der Waals surface area contributed by atoms with Crippen LogP contribution < -0.4 is 0 Å². The summed E-state index contributed by atoms with van der Waals surface area (Å²) >= 11 is 3.39. The summed E-state index contributed by atoms with van der Waals surface area (Å²) in [5, 5.41) is 9.04. The lowest BCUT2D eigenvalue weighted by Crippen LogP contribution is -2.02. The number of aromatic nitrogens is 1. The summed E-state index contributed by atoms with van der Waals surface area (Å²) in [6, 6.07) is 5.57. The Balaban J connectivity index is 2.95. The lowest BCUT2D eigenvalue weighted by Gasteiger charge is -1.96. The van der Waals surface area contributed by atoms with E-state index in [1.807, 2.05) is 18.2 Å². The summed E-state index contributed by atoms with van der Waals surface area (Å²) in [4.78, 5) is 11.0. The molecule has 3 nitrogen and oxygen atoms in total. The highest BCUT2D eigenvalue weighted by Crippen LogP contribution is 2.27. The molecule has 0 saturated carbocycles. The number of halogens is 1. The minimum atomic E-state index is -0.908. The Labute approximate surface area is 89.1 Å². The molecule has 2 heterocycles. The van der Waals surface area contributed by atoms with Crippen molar-refractivity contribution in [1.82, 2.24) is 4.40 Å². The third-order valence-electron chi connectivity index (χ3n) is 2.21. The van der Waals surface area contributed by atoms with Crippen LogP contribution >= 0.6 is 15.9 Å². The molecule has 1 N–H and O–H groups in total. The second-order valence-corrected chi connectivity index (χ2v) is 3.84. The van der Waals surface area contributed by atoms with Crippen LogP contribution in [-0.2, 0) is 0 Å². The second-order valence-electron chi connectivity index (χ2n) is 3.05. The van der Waals surface area contributed by atoms with Crippen molar-refractivity contribution in [2.75, 3.05) is 0 Å². The molecule has 0 atom stereocenters. The molecule has 0 aliphatic rings. The number of carbonyl (C=O) groups is 1. The van der Waals surface area contributed by atoms with Gasteiger partial charge in [0, 0.05) is 10.7 Å². The summed E-state index contributed by atoms with van der Waals surface area (Å²) in [6.45, 7) is 1.79. The number of aromatic carboxylic acids is 1. The molecule has 4 heteroatoms. The molecule has 2 rings (SSSR count). The number of carboxylic acid groups (broad SMARTS) is 1. The first-order valence-electron chi connectivity index (χ1n) is 4.11. The highest BCUT2D eigenvalue weighted by molar-refractivity contribution is 9.10. The average Bonchev–Trinajstić information content (AvgIpc) is 2.41. The van der Waals surface area contributed by atoms with Crippen molar-refractivity contribution in [3.8, 4) is 0 Å². The second kappa shape index (κ2) is 3.13. The van der Waals surface area contributed by atoms with Crippen molar-refractivity contribution in [3.05, 3.63) is 40.1 Å². The SMILES string of the molecule is Cc1c(Br)c2ccccn2c1C(=O)O. The fraction of sp³-hybridized carbons (Fsp3) is 0.100. The fourth-order valence-electron chi connectivity index (χ4n) is 1.56. The summed E-state index contributed by atoms with van der Waals surface area (Å²) in [5.74, 6) is -0.908. The third-order valence-corrected chi connectivity index (χ3v) is 3.21. The summed E-state index contributed by atoms with van der Waals surface area (Å²) in [5.41, 5.74) is 1.94. The van der Waals surface area contributed by atoms with Gasteiger partial charge in [-0.25, -0.2) is 4.79 Å². The normalized spacial score (nSPS) is 10.7. The number of fused-ring (bicyclic) bond motifs is 1. The Hall–Kier alpha value is -1.29. The topological polar surface area (TPSA) is 41.7 Å². The first kappa shape index (κ1) is 9.27. The van der Waals surface area contributed by atoms with Gasteiger partial charge in [0.2, 0.25) is 0 Å². The Morgan fingerprint density at radius 2 is 2.21 bits per heavy atom. The molecule has 0 aliphatic carbocycles. The van der Waals surface area contributed by atoms with Crippen molar-refractivity contribution in [2.24, 2.45) is 0 Å². The Morgan fingerprint density at radius 1 is 1.50 bits per heavy atom. The van der Waals surface area contributed by atoms with E-state index in [0.29, 0.717) is 5.69 Å². The molecule has 0 spiro atoms. The van der Waals surface area contributed by atoms with Gasteiger partial charge in [0.15, 0.2) is 0 Å². The number of hydrogen-bond donors (Lipinski definition) is 1. The minimum absolute atomic E-state index is 0.312. The van der Waals surface area contributed by atoms with E-state index in [2.05, 4.69) is 15.9 Å². The number of carboxylic acids is 1. The maximum absolute atomic E-state index is 11.0. The number of nitrogens with zero attached hydrogens (tertiary/aromatic N) is 1. The van der Waals surface area contributed by atoms with Crippen LogP contribution in [0.3, 0.4) is 0 Å². The molecule has 0 fully saturated rings. The van der Waals surface area contributed by atoms with E-state index in [4.69, 9.17) is 5.11 Å². The van der Waals surface area contributed by atoms with Crippen molar-refractivity contribution < 1.29 is 9.90 Å². The lowest BCUT2D eigenvalue weighted by molar-refractivity contribution is 0.0688. The molecule has 0 saturated heterocycles. The highest BCUT2D eigenvalue weighted by atomic mass is 79.9. The Morgan fingerprint density at radius 3 is 2.86 bits per heavy atom. The highest BCUT2D eigenvalue weighted by Gasteiger charge is 2.17. The fourth-order valence-corrected chi connectivity index (χ4v) is 2.07. The van der Waals surface area contributed by atoms with Gasteiger partial charge in [-0.1, -0.05) is 6.07 Å². The van der Waals surface area contributed by atoms with Gasteiger partial charge >= 0.3 is 5.97 Å². The number of pyridine rings is 1. The lowest BCUT2D eigenvalue weighted by atomic mass is 10.3. The van der Waals surface area contributed by atoms with Gasteiger partial charge in [-0.15, -0.1) is 0 Å². The molecule has 0 unspecified atom stereocenters.